The van der Waals surface area contributed by atoms with Crippen LogP contribution in [-0.4, -0.2) is 78.6 Å². The summed E-state index contributed by atoms with van der Waals surface area (Å²) in [5.41, 5.74) is 0.00752. The van der Waals surface area contributed by atoms with Crippen molar-refractivity contribution in [3.8, 4) is 0 Å². The van der Waals surface area contributed by atoms with Crippen LogP contribution in [0.4, 0.5) is 4.79 Å². The van der Waals surface area contributed by atoms with Crippen LogP contribution in [0.2, 0.25) is 0 Å². The molecule has 4 aliphatic rings. The van der Waals surface area contributed by atoms with Crippen LogP contribution in [0.25, 0.3) is 4.85 Å². The zero-order valence-corrected chi connectivity index (χ0v) is 19.3. The van der Waals surface area contributed by atoms with E-state index in [2.05, 4.69) is 10.2 Å². The van der Waals surface area contributed by atoms with E-state index in [0.29, 0.717) is 18.4 Å². The lowest BCUT2D eigenvalue weighted by atomic mass is 9.77. The Kier molecular flexibility index (Phi) is 6.76. The van der Waals surface area contributed by atoms with Gasteiger partial charge in [0.25, 0.3) is 0 Å². The lowest BCUT2D eigenvalue weighted by molar-refractivity contribution is -0.130. The van der Waals surface area contributed by atoms with E-state index in [1.54, 1.807) is 9.80 Å². The van der Waals surface area contributed by atoms with Crippen LogP contribution in [0.1, 0.15) is 64.2 Å². The van der Waals surface area contributed by atoms with Crippen molar-refractivity contribution in [2.75, 3.05) is 40.3 Å². The van der Waals surface area contributed by atoms with Crippen molar-refractivity contribution in [2.45, 2.75) is 75.9 Å². The van der Waals surface area contributed by atoms with Gasteiger partial charge in [-0.15, -0.1) is 0 Å². The van der Waals surface area contributed by atoms with Crippen LogP contribution in [0.15, 0.2) is 0 Å². The molecule has 4 rings (SSSR count). The van der Waals surface area contributed by atoms with E-state index in [1.165, 1.54) is 32.1 Å². The van der Waals surface area contributed by atoms with Gasteiger partial charge in [0.15, 0.2) is 0 Å². The molecule has 7 nitrogen and oxygen atoms in total. The van der Waals surface area contributed by atoms with Crippen LogP contribution in [0.3, 0.4) is 0 Å². The molecule has 4 fully saturated rings. The van der Waals surface area contributed by atoms with Gasteiger partial charge in [-0.3, -0.25) is 14.5 Å². The minimum absolute atomic E-state index is 0.00752. The van der Waals surface area contributed by atoms with Gasteiger partial charge in [-0.2, -0.15) is 0 Å². The second-order valence-corrected chi connectivity index (χ2v) is 10.7. The van der Waals surface area contributed by atoms with Crippen molar-refractivity contribution in [3.05, 3.63) is 11.4 Å². The fraction of sp³-hybridized carbons (Fsp3) is 0.875. The molecule has 0 radical (unpaired) electrons. The number of amides is 3. The van der Waals surface area contributed by atoms with E-state index in [1.807, 2.05) is 19.0 Å². The summed E-state index contributed by atoms with van der Waals surface area (Å²) in [4.78, 5) is 34.5. The molecule has 2 heterocycles. The molecule has 3 amide bonds. The highest BCUT2D eigenvalue weighted by Crippen LogP contribution is 2.48. The summed E-state index contributed by atoms with van der Waals surface area (Å²) in [5, 5.41) is 3.75. The molecule has 0 spiro atoms. The minimum Gasteiger partial charge on any atom is -0.331 e. The third kappa shape index (κ3) is 4.84. The molecule has 0 aromatic rings. The second kappa shape index (κ2) is 9.36. The molecular formula is C24H39N5O2. The highest BCUT2D eigenvalue weighted by Gasteiger charge is 2.51. The van der Waals surface area contributed by atoms with Crippen LogP contribution in [-0.2, 0) is 4.79 Å². The zero-order chi connectivity index (χ0) is 22.0. The van der Waals surface area contributed by atoms with Crippen LogP contribution in [0, 0.1) is 24.3 Å². The summed E-state index contributed by atoms with van der Waals surface area (Å²) in [7, 11) is 3.65. The van der Waals surface area contributed by atoms with Crippen LogP contribution in [0.5, 0.6) is 0 Å². The van der Waals surface area contributed by atoms with Gasteiger partial charge in [0.05, 0.1) is 6.54 Å². The molecule has 2 aliphatic heterocycles. The second-order valence-electron chi connectivity index (χ2n) is 10.7. The average molecular weight is 430 g/mol. The molecule has 0 unspecified atom stereocenters. The first-order valence-electron chi connectivity index (χ1n) is 12.3. The number of urea groups is 1. The Morgan fingerprint density at radius 1 is 1.06 bits per heavy atom. The maximum Gasteiger partial charge on any atom is 0.319 e. The van der Waals surface area contributed by atoms with E-state index in [9.17, 15) is 9.59 Å². The van der Waals surface area contributed by atoms with Gasteiger partial charge in [-0.25, -0.2) is 11.4 Å². The summed E-state index contributed by atoms with van der Waals surface area (Å²) in [6.45, 7) is 10.1. The summed E-state index contributed by atoms with van der Waals surface area (Å²) in [5.74, 6) is 1.89. The molecule has 4 atom stereocenters. The molecule has 2 aliphatic carbocycles. The number of hydrogen-bond donors (Lipinski definition) is 1. The Morgan fingerprint density at radius 3 is 2.35 bits per heavy atom. The molecule has 7 heteroatoms. The van der Waals surface area contributed by atoms with Crippen LogP contribution >= 0.6 is 0 Å². The van der Waals surface area contributed by atoms with Crippen molar-refractivity contribution in [1.29, 1.82) is 0 Å². The lowest BCUT2D eigenvalue weighted by Gasteiger charge is -2.37. The van der Waals surface area contributed by atoms with E-state index in [4.69, 9.17) is 6.57 Å². The summed E-state index contributed by atoms with van der Waals surface area (Å²) in [6.07, 6.45) is 11.4. The number of fused-ring (bicyclic) bond motifs is 1. The quantitative estimate of drug-likeness (QED) is 0.683. The number of nitrogens with one attached hydrogen (secondary N) is 1. The predicted molar refractivity (Wildman–Crippen MR) is 120 cm³/mol. The summed E-state index contributed by atoms with van der Waals surface area (Å²) >= 11 is 0. The van der Waals surface area contributed by atoms with E-state index in [0.717, 1.165) is 57.7 Å². The molecular weight excluding hydrogens is 390 g/mol. The average Bonchev–Trinajstić information content (AvgIpc) is 3.46. The Hall–Kier alpha value is -1.81. The zero-order valence-electron chi connectivity index (χ0n) is 19.3. The van der Waals surface area contributed by atoms with Crippen molar-refractivity contribution in [1.82, 2.24) is 20.0 Å². The number of carbonyl (C=O) groups is 2. The van der Waals surface area contributed by atoms with Gasteiger partial charge in [0, 0.05) is 45.7 Å². The minimum atomic E-state index is -0.267. The standard InChI is InChI=1S/C24H39N5O2/c1-25-21-10-7-11-29(21)22(30)15-26-24(12-18-8-5-4-6-9-18)13-19-16-28(17-20(19)14-24)23(31)27(2)3/h18-21,26H,4-17H2,2-3H3/t19-,20+,21-,24-/m0/s1. The Bertz CT molecular complexity index is 697. The monoisotopic (exact) mass is 429 g/mol. The molecule has 31 heavy (non-hydrogen) atoms. The van der Waals surface area contributed by atoms with E-state index in [-0.39, 0.29) is 23.6 Å². The number of nitrogens with zero attached hydrogens (tertiary/aromatic N) is 4. The van der Waals surface area contributed by atoms with Gasteiger partial charge >= 0.3 is 12.2 Å². The molecule has 0 aromatic carbocycles. The van der Waals surface area contributed by atoms with Gasteiger partial charge < -0.3 is 15.1 Å². The maximum atomic E-state index is 12.9. The molecule has 2 saturated heterocycles. The highest BCUT2D eigenvalue weighted by atomic mass is 16.2. The van der Waals surface area contributed by atoms with Crippen molar-refractivity contribution < 1.29 is 9.59 Å². The maximum absolute atomic E-state index is 12.9. The van der Waals surface area contributed by atoms with Gasteiger partial charge in [-0.1, -0.05) is 32.1 Å². The molecule has 0 bridgehead atoms. The smallest absolute Gasteiger partial charge is 0.319 e. The predicted octanol–water partition coefficient (Wildman–Crippen LogP) is 3.18. The third-order valence-electron chi connectivity index (χ3n) is 8.24. The molecule has 2 saturated carbocycles. The number of hydrogen-bond acceptors (Lipinski definition) is 3. The van der Waals surface area contributed by atoms with E-state index >= 15 is 0 Å². The van der Waals surface area contributed by atoms with Crippen molar-refractivity contribution in [2.24, 2.45) is 17.8 Å². The summed E-state index contributed by atoms with van der Waals surface area (Å²) in [6, 6.07) is 0.120. The third-order valence-corrected chi connectivity index (χ3v) is 8.24. The fourth-order valence-corrected chi connectivity index (χ4v) is 6.79. The SMILES string of the molecule is [C-]#[N+][C@@H]1CCCN1C(=O)CN[C@@]1(CC2CCCCC2)C[C@H]2CN(C(=O)N(C)C)C[C@H]2C1. The largest absolute Gasteiger partial charge is 0.331 e. The van der Waals surface area contributed by atoms with Gasteiger partial charge in [0.2, 0.25) is 5.91 Å². The van der Waals surface area contributed by atoms with E-state index < -0.39 is 0 Å². The van der Waals surface area contributed by atoms with Crippen LogP contribution < -0.4 is 5.32 Å². The first kappa shape index (κ1) is 22.4. The first-order valence-corrected chi connectivity index (χ1v) is 12.3. The fourth-order valence-electron chi connectivity index (χ4n) is 6.79. The molecule has 172 valence electrons. The first-order chi connectivity index (χ1) is 14.9. The van der Waals surface area contributed by atoms with Gasteiger partial charge in [0.1, 0.15) is 0 Å². The Labute approximate surface area is 187 Å². The van der Waals surface area contributed by atoms with Gasteiger partial charge in [-0.05, 0) is 43.4 Å². The van der Waals surface area contributed by atoms with Crippen molar-refractivity contribution >= 4 is 11.9 Å². The highest BCUT2D eigenvalue weighted by molar-refractivity contribution is 5.79. The summed E-state index contributed by atoms with van der Waals surface area (Å²) < 4.78 is 0. The number of carbonyl (C=O) groups excluding carboxylic acids is 2. The topological polar surface area (TPSA) is 60.3 Å². The molecule has 1 N–H and O–H groups in total. The lowest BCUT2D eigenvalue weighted by Crippen LogP contribution is -2.51. The normalized spacial score (nSPS) is 33.4. The number of rotatable bonds is 5. The van der Waals surface area contributed by atoms with Crippen molar-refractivity contribution in [3.63, 3.8) is 0 Å². The Balaban J connectivity index is 1.41. The molecule has 0 aromatic heterocycles. The number of likely N-dealkylation sites (tertiary alicyclic amines) is 2. The Morgan fingerprint density at radius 2 is 1.74 bits per heavy atom.